The standard InChI is InChI=1S/C14H18N4/c1-7-8(2)12(16)14(18)13(17)11(7)9-3-5-10(15)6-4-9/h3-6H,15-18H2,1-2H3. The molecule has 0 amide bonds. The van der Waals surface area contributed by atoms with E-state index < -0.39 is 0 Å². The van der Waals surface area contributed by atoms with Crippen LogP contribution in [-0.4, -0.2) is 0 Å². The summed E-state index contributed by atoms with van der Waals surface area (Å²) in [6, 6.07) is 7.55. The van der Waals surface area contributed by atoms with Gasteiger partial charge in [0, 0.05) is 11.3 Å². The first kappa shape index (κ1) is 12.1. The van der Waals surface area contributed by atoms with E-state index in [4.69, 9.17) is 22.9 Å². The molecule has 4 heteroatoms. The smallest absolute Gasteiger partial charge is 0.0790 e. The van der Waals surface area contributed by atoms with E-state index >= 15 is 0 Å². The van der Waals surface area contributed by atoms with Crippen molar-refractivity contribution in [2.75, 3.05) is 22.9 Å². The van der Waals surface area contributed by atoms with Crippen LogP contribution in [0.2, 0.25) is 0 Å². The second kappa shape index (κ2) is 4.14. The highest BCUT2D eigenvalue weighted by molar-refractivity contribution is 5.94. The topological polar surface area (TPSA) is 104 Å². The van der Waals surface area contributed by atoms with E-state index in [0.29, 0.717) is 17.1 Å². The Balaban J connectivity index is 2.75. The summed E-state index contributed by atoms with van der Waals surface area (Å²) in [5.74, 6) is 0. The van der Waals surface area contributed by atoms with Crippen molar-refractivity contribution in [3.8, 4) is 11.1 Å². The van der Waals surface area contributed by atoms with Crippen LogP contribution in [0.15, 0.2) is 24.3 Å². The molecule has 0 aliphatic carbocycles. The van der Waals surface area contributed by atoms with E-state index in [1.807, 2.05) is 38.1 Å². The van der Waals surface area contributed by atoms with Crippen LogP contribution in [0.25, 0.3) is 11.1 Å². The summed E-state index contributed by atoms with van der Waals surface area (Å²) in [6.45, 7) is 3.94. The average Bonchev–Trinajstić information content (AvgIpc) is 2.36. The third-order valence-electron chi connectivity index (χ3n) is 3.39. The predicted octanol–water partition coefficient (Wildman–Crippen LogP) is 2.30. The van der Waals surface area contributed by atoms with Gasteiger partial charge in [0.25, 0.3) is 0 Å². The summed E-state index contributed by atoms with van der Waals surface area (Å²) in [5, 5.41) is 0. The molecule has 8 N–H and O–H groups in total. The molecule has 2 aromatic carbocycles. The molecule has 18 heavy (non-hydrogen) atoms. The molecule has 0 radical (unpaired) electrons. The maximum atomic E-state index is 6.09. The molecule has 0 heterocycles. The number of hydrogen-bond donors (Lipinski definition) is 4. The highest BCUT2D eigenvalue weighted by Crippen LogP contribution is 2.40. The molecule has 0 aliphatic heterocycles. The van der Waals surface area contributed by atoms with E-state index in [2.05, 4.69) is 0 Å². The summed E-state index contributed by atoms with van der Waals surface area (Å²) in [6.07, 6.45) is 0. The second-order valence-corrected chi connectivity index (χ2v) is 4.49. The molecule has 0 unspecified atom stereocenters. The van der Waals surface area contributed by atoms with Gasteiger partial charge in [-0.1, -0.05) is 12.1 Å². The van der Waals surface area contributed by atoms with E-state index in [-0.39, 0.29) is 0 Å². The fourth-order valence-electron chi connectivity index (χ4n) is 2.10. The summed E-state index contributed by atoms with van der Waals surface area (Å²) in [5.41, 5.74) is 29.8. The van der Waals surface area contributed by atoms with Crippen molar-refractivity contribution in [2.24, 2.45) is 0 Å². The number of hydrogen-bond acceptors (Lipinski definition) is 4. The van der Waals surface area contributed by atoms with E-state index in [9.17, 15) is 0 Å². The van der Waals surface area contributed by atoms with Crippen molar-refractivity contribution in [1.82, 2.24) is 0 Å². The molecule has 0 atom stereocenters. The number of benzene rings is 2. The summed E-state index contributed by atoms with van der Waals surface area (Å²) >= 11 is 0. The Hall–Kier alpha value is -2.36. The van der Waals surface area contributed by atoms with Crippen LogP contribution >= 0.6 is 0 Å². The third-order valence-corrected chi connectivity index (χ3v) is 3.39. The molecule has 0 aromatic heterocycles. The van der Waals surface area contributed by atoms with Crippen LogP contribution in [0.4, 0.5) is 22.7 Å². The molecule has 94 valence electrons. The highest BCUT2D eigenvalue weighted by Gasteiger charge is 2.15. The summed E-state index contributed by atoms with van der Waals surface area (Å²) in [7, 11) is 0. The van der Waals surface area contributed by atoms with Crippen molar-refractivity contribution < 1.29 is 0 Å². The molecule has 0 fully saturated rings. The number of nitrogens with two attached hydrogens (primary N) is 4. The fraction of sp³-hybridized carbons (Fsp3) is 0.143. The Bertz CT molecular complexity index is 571. The van der Waals surface area contributed by atoms with Gasteiger partial charge in [0.2, 0.25) is 0 Å². The maximum absolute atomic E-state index is 6.09. The van der Waals surface area contributed by atoms with Gasteiger partial charge in [0.05, 0.1) is 17.1 Å². The van der Waals surface area contributed by atoms with Gasteiger partial charge in [-0.15, -0.1) is 0 Å². The Morgan fingerprint density at radius 2 is 1.22 bits per heavy atom. The molecule has 0 aliphatic rings. The second-order valence-electron chi connectivity index (χ2n) is 4.49. The monoisotopic (exact) mass is 242 g/mol. The van der Waals surface area contributed by atoms with Crippen molar-refractivity contribution in [3.63, 3.8) is 0 Å². The van der Waals surface area contributed by atoms with E-state index in [1.54, 1.807) is 0 Å². The molecule has 2 rings (SSSR count). The Kier molecular flexibility index (Phi) is 2.79. The zero-order valence-corrected chi connectivity index (χ0v) is 10.6. The molecule has 4 nitrogen and oxygen atoms in total. The number of nitrogen functional groups attached to an aromatic ring is 4. The van der Waals surface area contributed by atoms with Crippen molar-refractivity contribution in [1.29, 1.82) is 0 Å². The SMILES string of the molecule is Cc1c(C)c(-c2ccc(N)cc2)c(N)c(N)c1N. The number of rotatable bonds is 1. The molecule has 0 bridgehead atoms. The Labute approximate surface area is 107 Å². The van der Waals surface area contributed by atoms with Gasteiger partial charge in [0.15, 0.2) is 0 Å². The minimum absolute atomic E-state index is 0.449. The van der Waals surface area contributed by atoms with Gasteiger partial charge in [-0.2, -0.15) is 0 Å². The largest absolute Gasteiger partial charge is 0.399 e. The molecular weight excluding hydrogens is 224 g/mol. The van der Waals surface area contributed by atoms with Gasteiger partial charge in [-0.05, 0) is 42.7 Å². The Morgan fingerprint density at radius 3 is 1.78 bits per heavy atom. The van der Waals surface area contributed by atoms with E-state index in [0.717, 1.165) is 27.9 Å². The lowest BCUT2D eigenvalue weighted by Gasteiger charge is -2.17. The minimum Gasteiger partial charge on any atom is -0.399 e. The van der Waals surface area contributed by atoms with Crippen molar-refractivity contribution in [2.45, 2.75) is 13.8 Å². The summed E-state index contributed by atoms with van der Waals surface area (Å²) in [4.78, 5) is 0. The van der Waals surface area contributed by atoms with Gasteiger partial charge < -0.3 is 22.9 Å². The predicted molar refractivity (Wildman–Crippen MR) is 79.0 cm³/mol. The quantitative estimate of drug-likeness (QED) is 0.576. The first-order valence-corrected chi connectivity index (χ1v) is 5.73. The molecule has 0 saturated carbocycles. The lowest BCUT2D eigenvalue weighted by molar-refractivity contribution is 1.35. The fourth-order valence-corrected chi connectivity index (χ4v) is 2.10. The average molecular weight is 242 g/mol. The highest BCUT2D eigenvalue weighted by atomic mass is 14.7. The van der Waals surface area contributed by atoms with Crippen LogP contribution in [0, 0.1) is 13.8 Å². The minimum atomic E-state index is 0.449. The van der Waals surface area contributed by atoms with Crippen LogP contribution in [0.5, 0.6) is 0 Å². The van der Waals surface area contributed by atoms with Crippen LogP contribution in [0.1, 0.15) is 11.1 Å². The lowest BCUT2D eigenvalue weighted by atomic mass is 9.93. The number of anilines is 4. The normalized spacial score (nSPS) is 10.6. The third kappa shape index (κ3) is 1.72. The first-order valence-electron chi connectivity index (χ1n) is 5.73. The lowest BCUT2D eigenvalue weighted by Crippen LogP contribution is -2.06. The van der Waals surface area contributed by atoms with Crippen LogP contribution < -0.4 is 22.9 Å². The Morgan fingerprint density at radius 1 is 0.667 bits per heavy atom. The van der Waals surface area contributed by atoms with Gasteiger partial charge in [-0.25, -0.2) is 0 Å². The van der Waals surface area contributed by atoms with Gasteiger partial charge >= 0.3 is 0 Å². The molecule has 0 saturated heterocycles. The maximum Gasteiger partial charge on any atom is 0.0790 e. The molecule has 2 aromatic rings. The zero-order valence-electron chi connectivity index (χ0n) is 10.6. The van der Waals surface area contributed by atoms with Crippen LogP contribution in [-0.2, 0) is 0 Å². The van der Waals surface area contributed by atoms with Gasteiger partial charge in [-0.3, -0.25) is 0 Å². The zero-order chi connectivity index (χ0) is 13.4. The van der Waals surface area contributed by atoms with Gasteiger partial charge in [0.1, 0.15) is 0 Å². The van der Waals surface area contributed by atoms with E-state index in [1.165, 1.54) is 0 Å². The van der Waals surface area contributed by atoms with Crippen LogP contribution in [0.3, 0.4) is 0 Å². The first-order chi connectivity index (χ1) is 8.43. The van der Waals surface area contributed by atoms with Crippen molar-refractivity contribution in [3.05, 3.63) is 35.4 Å². The molecule has 0 spiro atoms. The van der Waals surface area contributed by atoms with Crippen molar-refractivity contribution >= 4 is 22.7 Å². The molecular formula is C14H18N4. The summed E-state index contributed by atoms with van der Waals surface area (Å²) < 4.78 is 0.